The van der Waals surface area contributed by atoms with Crippen LogP contribution >= 0.6 is 0 Å². The molecule has 0 aliphatic rings. The lowest BCUT2D eigenvalue weighted by molar-refractivity contribution is -0.116. The lowest BCUT2D eigenvalue weighted by Gasteiger charge is -2.12. The number of likely N-dealkylation sites (N-methyl/N-ethyl adjacent to an activating group) is 1. The van der Waals surface area contributed by atoms with Crippen molar-refractivity contribution in [3.8, 4) is 0 Å². The van der Waals surface area contributed by atoms with Gasteiger partial charge in [0.2, 0.25) is 5.91 Å². The van der Waals surface area contributed by atoms with E-state index in [1.807, 2.05) is 10.6 Å². The number of aromatic nitrogens is 2. The number of pyridine rings is 1. The van der Waals surface area contributed by atoms with E-state index >= 15 is 0 Å². The first-order chi connectivity index (χ1) is 9.10. The average molecular weight is 262 g/mol. The molecule has 1 amide bonds. The average Bonchev–Trinajstić information content (AvgIpc) is 2.84. The highest BCUT2D eigenvalue weighted by molar-refractivity contribution is 5.94. The number of nitrogens with zero attached hydrogens (tertiary/aromatic N) is 2. The highest BCUT2D eigenvalue weighted by Crippen LogP contribution is 2.14. The summed E-state index contributed by atoms with van der Waals surface area (Å²) in [4.78, 5) is 15.6. The van der Waals surface area contributed by atoms with Gasteiger partial charge in [0.15, 0.2) is 6.30 Å². The van der Waals surface area contributed by atoms with Gasteiger partial charge in [0.05, 0.1) is 0 Å². The first-order valence-corrected chi connectivity index (χ1v) is 5.87. The third-order valence-corrected chi connectivity index (χ3v) is 2.59. The van der Waals surface area contributed by atoms with Crippen LogP contribution in [0.1, 0.15) is 12.5 Å². The molecule has 100 valence electrons. The van der Waals surface area contributed by atoms with Crippen molar-refractivity contribution in [3.05, 3.63) is 42.4 Å². The van der Waals surface area contributed by atoms with E-state index < -0.39 is 6.30 Å². The SMILES string of the molecule is CNC(=O)/C=C(\NC(C)F)c1ccn2ccnc2c1. The van der Waals surface area contributed by atoms with E-state index in [2.05, 4.69) is 15.6 Å². The Morgan fingerprint density at radius 2 is 2.32 bits per heavy atom. The Balaban J connectivity index is 2.41. The monoisotopic (exact) mass is 262 g/mol. The van der Waals surface area contributed by atoms with Gasteiger partial charge in [-0.05, 0) is 19.1 Å². The van der Waals surface area contributed by atoms with Gasteiger partial charge in [-0.25, -0.2) is 9.37 Å². The minimum atomic E-state index is -1.26. The summed E-state index contributed by atoms with van der Waals surface area (Å²) in [6.07, 6.45) is 5.36. The summed E-state index contributed by atoms with van der Waals surface area (Å²) in [5, 5.41) is 5.09. The predicted octanol–water partition coefficient (Wildman–Crippen LogP) is 1.33. The largest absolute Gasteiger partial charge is 0.356 e. The van der Waals surface area contributed by atoms with Gasteiger partial charge in [0, 0.05) is 43.0 Å². The molecule has 0 radical (unpaired) electrons. The van der Waals surface area contributed by atoms with Crippen LogP contribution in [0.4, 0.5) is 4.39 Å². The quantitative estimate of drug-likeness (QED) is 0.645. The smallest absolute Gasteiger partial charge is 0.245 e. The van der Waals surface area contributed by atoms with E-state index in [0.29, 0.717) is 11.3 Å². The number of fused-ring (bicyclic) bond motifs is 1. The molecule has 0 aromatic carbocycles. The van der Waals surface area contributed by atoms with E-state index in [0.717, 1.165) is 5.65 Å². The van der Waals surface area contributed by atoms with E-state index in [1.165, 1.54) is 20.0 Å². The Labute approximate surface area is 110 Å². The Morgan fingerprint density at radius 3 is 3.00 bits per heavy atom. The van der Waals surface area contributed by atoms with Crippen molar-refractivity contribution in [2.24, 2.45) is 0 Å². The molecule has 2 N–H and O–H groups in total. The van der Waals surface area contributed by atoms with Crippen molar-refractivity contribution < 1.29 is 9.18 Å². The molecule has 2 heterocycles. The zero-order valence-corrected chi connectivity index (χ0v) is 10.7. The second-order valence-corrected chi connectivity index (χ2v) is 4.04. The van der Waals surface area contributed by atoms with Gasteiger partial charge in [-0.15, -0.1) is 0 Å². The van der Waals surface area contributed by atoms with Crippen LogP contribution in [0.15, 0.2) is 36.8 Å². The maximum absolute atomic E-state index is 13.1. The van der Waals surface area contributed by atoms with Crippen molar-refractivity contribution in [2.45, 2.75) is 13.2 Å². The number of nitrogens with one attached hydrogen (secondary N) is 2. The highest BCUT2D eigenvalue weighted by Gasteiger charge is 2.08. The molecule has 0 saturated heterocycles. The molecule has 19 heavy (non-hydrogen) atoms. The number of alkyl halides is 1. The topological polar surface area (TPSA) is 58.4 Å². The number of carbonyl (C=O) groups is 1. The van der Waals surface area contributed by atoms with Gasteiger partial charge in [0.25, 0.3) is 0 Å². The van der Waals surface area contributed by atoms with Gasteiger partial charge in [-0.2, -0.15) is 0 Å². The van der Waals surface area contributed by atoms with Crippen molar-refractivity contribution in [1.82, 2.24) is 20.0 Å². The second-order valence-electron chi connectivity index (χ2n) is 4.04. The van der Waals surface area contributed by atoms with Gasteiger partial charge in [-0.1, -0.05) is 0 Å². The van der Waals surface area contributed by atoms with Gasteiger partial charge in [0.1, 0.15) is 5.65 Å². The fourth-order valence-electron chi connectivity index (χ4n) is 1.70. The van der Waals surface area contributed by atoms with Crippen LogP contribution in [0.25, 0.3) is 11.3 Å². The van der Waals surface area contributed by atoms with Crippen LogP contribution in [-0.2, 0) is 4.79 Å². The summed E-state index contributed by atoms with van der Waals surface area (Å²) >= 11 is 0. The van der Waals surface area contributed by atoms with Crippen molar-refractivity contribution in [2.75, 3.05) is 7.05 Å². The first kappa shape index (κ1) is 13.1. The molecule has 2 aromatic rings. The normalized spacial score (nSPS) is 13.3. The Hall–Kier alpha value is -2.37. The molecule has 6 heteroatoms. The Kier molecular flexibility index (Phi) is 3.79. The van der Waals surface area contributed by atoms with Crippen molar-refractivity contribution >= 4 is 17.3 Å². The standard InChI is InChI=1S/C13H15FN4O/c1-9(14)17-11(8-13(19)15-2)10-3-5-18-6-4-16-12(18)7-10/h3-9,17H,1-2H3,(H,15,19)/b11-8-. The fourth-order valence-corrected chi connectivity index (χ4v) is 1.70. The van der Waals surface area contributed by atoms with Crippen LogP contribution in [-0.4, -0.2) is 28.6 Å². The number of hydrogen-bond acceptors (Lipinski definition) is 3. The molecule has 2 aromatic heterocycles. The molecule has 5 nitrogen and oxygen atoms in total. The van der Waals surface area contributed by atoms with Gasteiger partial charge >= 0.3 is 0 Å². The summed E-state index contributed by atoms with van der Waals surface area (Å²) in [5.41, 5.74) is 1.85. The Morgan fingerprint density at radius 1 is 1.53 bits per heavy atom. The molecule has 0 saturated carbocycles. The Bertz CT molecular complexity index is 618. The number of carbonyl (C=O) groups excluding carboxylic acids is 1. The molecule has 1 unspecified atom stereocenters. The number of imidazole rings is 1. The molecule has 2 rings (SSSR count). The van der Waals surface area contributed by atoms with E-state index in [1.54, 1.807) is 24.5 Å². The summed E-state index contributed by atoms with van der Waals surface area (Å²) in [6, 6.07) is 3.57. The van der Waals surface area contributed by atoms with Crippen LogP contribution in [0.5, 0.6) is 0 Å². The summed E-state index contributed by atoms with van der Waals surface area (Å²) in [5.74, 6) is -0.300. The van der Waals surface area contributed by atoms with E-state index in [9.17, 15) is 9.18 Å². The number of hydrogen-bond donors (Lipinski definition) is 2. The van der Waals surface area contributed by atoms with Crippen LogP contribution in [0.2, 0.25) is 0 Å². The fraction of sp³-hybridized carbons (Fsp3) is 0.231. The number of halogens is 1. The van der Waals surface area contributed by atoms with Gasteiger partial charge < -0.3 is 15.0 Å². The van der Waals surface area contributed by atoms with E-state index in [4.69, 9.17) is 0 Å². The number of rotatable bonds is 4. The minimum absolute atomic E-state index is 0.300. The van der Waals surface area contributed by atoms with Crippen LogP contribution in [0.3, 0.4) is 0 Å². The summed E-state index contributed by atoms with van der Waals surface area (Å²) < 4.78 is 15.0. The van der Waals surface area contributed by atoms with Crippen LogP contribution < -0.4 is 10.6 Å². The van der Waals surface area contributed by atoms with Crippen molar-refractivity contribution in [3.63, 3.8) is 0 Å². The zero-order valence-electron chi connectivity index (χ0n) is 10.7. The maximum atomic E-state index is 13.1. The third-order valence-electron chi connectivity index (χ3n) is 2.59. The van der Waals surface area contributed by atoms with Crippen LogP contribution in [0, 0.1) is 0 Å². The third kappa shape index (κ3) is 3.09. The molecule has 1 atom stereocenters. The molecular formula is C13H15FN4O. The minimum Gasteiger partial charge on any atom is -0.356 e. The van der Waals surface area contributed by atoms with Gasteiger partial charge in [-0.3, -0.25) is 4.79 Å². The summed E-state index contributed by atoms with van der Waals surface area (Å²) in [6.45, 7) is 1.37. The lowest BCUT2D eigenvalue weighted by Crippen LogP contribution is -2.23. The second kappa shape index (κ2) is 5.51. The maximum Gasteiger partial charge on any atom is 0.245 e. The molecule has 0 aliphatic heterocycles. The zero-order chi connectivity index (χ0) is 13.8. The predicted molar refractivity (Wildman–Crippen MR) is 70.9 cm³/mol. The molecule has 0 fully saturated rings. The summed E-state index contributed by atoms with van der Waals surface area (Å²) in [7, 11) is 1.52. The molecule has 0 spiro atoms. The molecule has 0 bridgehead atoms. The number of amides is 1. The molecule has 0 aliphatic carbocycles. The van der Waals surface area contributed by atoms with Crippen molar-refractivity contribution in [1.29, 1.82) is 0 Å². The lowest BCUT2D eigenvalue weighted by atomic mass is 10.1. The molecular weight excluding hydrogens is 247 g/mol. The highest BCUT2D eigenvalue weighted by atomic mass is 19.1. The first-order valence-electron chi connectivity index (χ1n) is 5.87. The van der Waals surface area contributed by atoms with E-state index in [-0.39, 0.29) is 5.91 Å².